The molecule has 1 aliphatic heterocycles. The predicted molar refractivity (Wildman–Crippen MR) is 65.8 cm³/mol. The van der Waals surface area contributed by atoms with Crippen molar-refractivity contribution in [2.24, 2.45) is 0 Å². The summed E-state index contributed by atoms with van der Waals surface area (Å²) in [6.45, 7) is 0.633. The summed E-state index contributed by atoms with van der Waals surface area (Å²) >= 11 is 0. The van der Waals surface area contributed by atoms with Gasteiger partial charge in [0.2, 0.25) is 0 Å². The van der Waals surface area contributed by atoms with Gasteiger partial charge < -0.3 is 27.1 Å². The van der Waals surface area contributed by atoms with Gasteiger partial charge >= 0.3 is 64.5 Å². The van der Waals surface area contributed by atoms with Crippen LogP contribution in [0.15, 0.2) is 10.6 Å². The molecule has 1 fully saturated rings. The molecule has 5 nitrogen and oxygen atoms in total. The van der Waals surface area contributed by atoms with Crippen molar-refractivity contribution in [1.82, 2.24) is 10.1 Å². The molecule has 2 rings (SSSR count). The third-order valence-electron chi connectivity index (χ3n) is 2.82. The summed E-state index contributed by atoms with van der Waals surface area (Å²) in [4.78, 5) is 13.1. The van der Waals surface area contributed by atoms with Gasteiger partial charge in [0.1, 0.15) is 5.60 Å². The number of rotatable bonds is 2. The summed E-state index contributed by atoms with van der Waals surface area (Å²) in [6.07, 6.45) is -0.475. The summed E-state index contributed by atoms with van der Waals surface area (Å²) in [7, 11) is 0. The van der Waals surface area contributed by atoms with Crippen LogP contribution in [0.3, 0.4) is 0 Å². The summed E-state index contributed by atoms with van der Waals surface area (Å²) in [5, 5.41) is 3.41. The smallest absolute Gasteiger partial charge is 0.444 e. The fourth-order valence-corrected chi connectivity index (χ4v) is 1.79. The number of likely N-dealkylation sites (tertiary alicyclic amines) is 1. The predicted octanol–water partition coefficient (Wildman–Crippen LogP) is -0.933. The van der Waals surface area contributed by atoms with Crippen molar-refractivity contribution in [1.29, 1.82) is 0 Å². The Hall–Kier alpha value is -0.0287. The number of nitrogens with zero attached hydrogens (tertiary/aromatic N) is 2. The molecule has 21 heavy (non-hydrogen) atoms. The van der Waals surface area contributed by atoms with Crippen LogP contribution >= 0.6 is 0 Å². The summed E-state index contributed by atoms with van der Waals surface area (Å²) in [5.41, 5.74) is -1.43. The molecule has 10 heteroatoms. The van der Waals surface area contributed by atoms with Crippen LogP contribution < -0.4 is 57.0 Å². The first-order valence-corrected chi connectivity index (χ1v) is 6.20. The SMILES string of the molecule is CC(C)(C)OC(=O)N1CC(c2cc([B-](F)(F)F)on2)C1.[K+]. The molecule has 1 amide bonds. The molecule has 1 aromatic rings. The van der Waals surface area contributed by atoms with E-state index in [9.17, 15) is 17.7 Å². The van der Waals surface area contributed by atoms with Gasteiger partial charge in [0, 0.05) is 19.0 Å². The Bertz CT molecular complexity index is 510. The zero-order valence-electron chi connectivity index (χ0n) is 12.4. The van der Waals surface area contributed by atoms with Gasteiger partial charge in [-0.1, -0.05) is 5.16 Å². The van der Waals surface area contributed by atoms with Crippen LogP contribution in [0.5, 0.6) is 0 Å². The number of hydrogen-bond acceptors (Lipinski definition) is 4. The molecular weight excluding hydrogens is 315 g/mol. The van der Waals surface area contributed by atoms with Gasteiger partial charge in [0.25, 0.3) is 0 Å². The van der Waals surface area contributed by atoms with Crippen molar-refractivity contribution in [3.63, 3.8) is 0 Å². The second-order valence-electron chi connectivity index (χ2n) is 5.81. The largest absolute Gasteiger partial charge is 1.00 e. The summed E-state index contributed by atoms with van der Waals surface area (Å²) < 4.78 is 46.7. The standard InChI is InChI=1S/C11H15BF3N2O3.K/c1-11(2,3)19-10(18)17-5-7(6-17)8-4-9(20-16-8)12(13,14)15;/h4,7H,5-6H2,1-3H3;/q-1;+1. The number of carbonyl (C=O) groups is 1. The van der Waals surface area contributed by atoms with Gasteiger partial charge in [-0.25, -0.2) is 4.79 Å². The van der Waals surface area contributed by atoms with Crippen LogP contribution in [-0.4, -0.2) is 41.8 Å². The van der Waals surface area contributed by atoms with Crippen molar-refractivity contribution < 1.29 is 78.4 Å². The third-order valence-corrected chi connectivity index (χ3v) is 2.82. The first-order valence-electron chi connectivity index (χ1n) is 6.20. The average Bonchev–Trinajstić information content (AvgIpc) is 2.60. The van der Waals surface area contributed by atoms with Gasteiger partial charge in [0.05, 0.1) is 11.4 Å². The summed E-state index contributed by atoms with van der Waals surface area (Å²) in [5.74, 6) is -0.238. The Morgan fingerprint density at radius 3 is 2.43 bits per heavy atom. The van der Waals surface area contributed by atoms with E-state index in [4.69, 9.17) is 4.74 Å². The van der Waals surface area contributed by atoms with Crippen LogP contribution in [0, 0.1) is 0 Å². The molecule has 0 aromatic carbocycles. The zero-order chi connectivity index (χ0) is 15.1. The molecule has 0 saturated carbocycles. The number of hydrogen-bond donors (Lipinski definition) is 0. The molecule has 1 aliphatic rings. The molecule has 0 atom stereocenters. The molecule has 0 aliphatic carbocycles. The molecule has 0 spiro atoms. The van der Waals surface area contributed by atoms with Crippen molar-refractivity contribution >= 4 is 18.7 Å². The van der Waals surface area contributed by atoms with Crippen LogP contribution in [0.2, 0.25) is 0 Å². The maximum absolute atomic E-state index is 12.4. The van der Waals surface area contributed by atoms with Crippen LogP contribution in [0.1, 0.15) is 32.4 Å². The number of amides is 1. The number of carbonyl (C=O) groups excluding carboxylic acids is 1. The van der Waals surface area contributed by atoms with Crippen LogP contribution in [0.25, 0.3) is 0 Å². The maximum atomic E-state index is 12.4. The Morgan fingerprint density at radius 2 is 2.00 bits per heavy atom. The number of aromatic nitrogens is 1. The van der Waals surface area contributed by atoms with E-state index in [0.29, 0.717) is 0 Å². The van der Waals surface area contributed by atoms with E-state index < -0.39 is 24.3 Å². The molecule has 0 bridgehead atoms. The van der Waals surface area contributed by atoms with Crippen molar-refractivity contribution in [3.05, 3.63) is 11.8 Å². The molecule has 0 radical (unpaired) electrons. The van der Waals surface area contributed by atoms with Gasteiger partial charge in [-0.3, -0.25) is 0 Å². The molecule has 0 unspecified atom stereocenters. The van der Waals surface area contributed by atoms with Gasteiger partial charge in [0.15, 0.2) is 0 Å². The van der Waals surface area contributed by atoms with E-state index in [2.05, 4.69) is 9.68 Å². The molecule has 2 heterocycles. The van der Waals surface area contributed by atoms with Gasteiger partial charge in [-0.05, 0) is 26.8 Å². The first-order chi connectivity index (χ1) is 9.06. The van der Waals surface area contributed by atoms with E-state index in [1.165, 1.54) is 4.90 Å². The van der Waals surface area contributed by atoms with Crippen molar-refractivity contribution in [2.45, 2.75) is 32.3 Å². The second kappa shape index (κ2) is 6.61. The Balaban J connectivity index is 0.00000220. The quantitative estimate of drug-likeness (QED) is 0.658. The van der Waals surface area contributed by atoms with E-state index in [0.717, 1.165) is 6.07 Å². The van der Waals surface area contributed by atoms with E-state index in [1.807, 2.05) is 0 Å². The minimum atomic E-state index is -5.18. The minimum absolute atomic E-state index is 0. The third kappa shape index (κ3) is 4.98. The Labute approximate surface area is 163 Å². The van der Waals surface area contributed by atoms with Gasteiger partial charge in [-0.15, -0.1) is 0 Å². The molecule has 112 valence electrons. The van der Waals surface area contributed by atoms with E-state index in [1.54, 1.807) is 20.8 Å². The molecule has 0 N–H and O–H groups in total. The first kappa shape index (κ1) is 19.0. The Morgan fingerprint density at radius 1 is 1.43 bits per heavy atom. The molecule has 1 aromatic heterocycles. The van der Waals surface area contributed by atoms with Crippen LogP contribution in [-0.2, 0) is 4.74 Å². The second-order valence-corrected chi connectivity index (χ2v) is 5.81. The Kier molecular flexibility index (Phi) is 5.99. The van der Waals surface area contributed by atoms with Crippen LogP contribution in [0.4, 0.5) is 17.7 Å². The molecule has 1 saturated heterocycles. The normalized spacial score (nSPS) is 16.2. The topological polar surface area (TPSA) is 55.6 Å². The minimum Gasteiger partial charge on any atom is -0.444 e. The van der Waals surface area contributed by atoms with Crippen molar-refractivity contribution in [3.8, 4) is 0 Å². The van der Waals surface area contributed by atoms with E-state index in [-0.39, 0.29) is 76.1 Å². The van der Waals surface area contributed by atoms with Crippen molar-refractivity contribution in [2.75, 3.05) is 13.1 Å². The monoisotopic (exact) mass is 330 g/mol. The zero-order valence-corrected chi connectivity index (χ0v) is 15.5. The summed E-state index contributed by atoms with van der Waals surface area (Å²) in [6, 6.07) is 0.900. The fourth-order valence-electron chi connectivity index (χ4n) is 1.79. The number of halogens is 3. The fraction of sp³-hybridized carbons (Fsp3) is 0.636. The van der Waals surface area contributed by atoms with Gasteiger partial charge in [-0.2, -0.15) is 0 Å². The molecular formula is C11H15BF3KN2O3. The van der Waals surface area contributed by atoms with E-state index >= 15 is 0 Å². The number of ether oxygens (including phenoxy) is 1. The maximum Gasteiger partial charge on any atom is 1.00 e. The average molecular weight is 330 g/mol.